The molecule has 22 heavy (non-hydrogen) atoms. The van der Waals surface area contributed by atoms with Crippen LogP contribution in [0.4, 0.5) is 0 Å². The number of aromatic nitrogens is 1. The van der Waals surface area contributed by atoms with E-state index in [2.05, 4.69) is 4.98 Å². The van der Waals surface area contributed by atoms with Crippen LogP contribution in [0.3, 0.4) is 0 Å². The van der Waals surface area contributed by atoms with Gasteiger partial charge in [-0.1, -0.05) is 18.2 Å². The zero-order valence-corrected chi connectivity index (χ0v) is 12.9. The van der Waals surface area contributed by atoms with Crippen LogP contribution in [0.5, 0.6) is 5.75 Å². The topological polar surface area (TPSA) is 76.9 Å². The molecule has 0 atom stereocenters. The SMILES string of the molecule is N#Cc1c2c(c(SCc3ccccc3O)[nH]c1=O)CCCC2. The molecule has 1 heterocycles. The van der Waals surface area contributed by atoms with Crippen molar-refractivity contribution in [1.82, 2.24) is 4.98 Å². The van der Waals surface area contributed by atoms with E-state index in [4.69, 9.17) is 0 Å². The van der Waals surface area contributed by atoms with E-state index < -0.39 is 0 Å². The van der Waals surface area contributed by atoms with Crippen molar-refractivity contribution >= 4 is 11.8 Å². The second-order valence-electron chi connectivity index (χ2n) is 5.35. The molecule has 1 aromatic carbocycles. The number of benzene rings is 1. The summed E-state index contributed by atoms with van der Waals surface area (Å²) in [6.45, 7) is 0. The van der Waals surface area contributed by atoms with Crippen LogP contribution in [-0.2, 0) is 18.6 Å². The minimum absolute atomic E-state index is 0.264. The van der Waals surface area contributed by atoms with Crippen LogP contribution in [0.2, 0.25) is 0 Å². The fourth-order valence-corrected chi connectivity index (χ4v) is 3.94. The molecule has 0 saturated carbocycles. The molecule has 0 bridgehead atoms. The third kappa shape index (κ3) is 2.75. The fraction of sp³-hybridized carbons (Fsp3) is 0.294. The van der Waals surface area contributed by atoms with E-state index in [-0.39, 0.29) is 16.9 Å². The summed E-state index contributed by atoms with van der Waals surface area (Å²) >= 11 is 1.51. The lowest BCUT2D eigenvalue weighted by atomic mass is 9.90. The highest BCUT2D eigenvalue weighted by atomic mass is 32.2. The number of nitriles is 1. The fourth-order valence-electron chi connectivity index (χ4n) is 2.83. The van der Waals surface area contributed by atoms with Crippen molar-refractivity contribution in [3.63, 3.8) is 0 Å². The van der Waals surface area contributed by atoms with Gasteiger partial charge in [-0.25, -0.2) is 0 Å². The summed E-state index contributed by atoms with van der Waals surface area (Å²) < 4.78 is 0. The first-order valence-electron chi connectivity index (χ1n) is 7.28. The Balaban J connectivity index is 1.95. The smallest absolute Gasteiger partial charge is 0.267 e. The number of thioether (sulfide) groups is 1. The molecule has 0 radical (unpaired) electrons. The summed E-state index contributed by atoms with van der Waals surface area (Å²) in [6, 6.07) is 9.24. The third-order valence-electron chi connectivity index (χ3n) is 3.97. The number of aromatic hydroxyl groups is 1. The molecule has 112 valence electrons. The van der Waals surface area contributed by atoms with Gasteiger partial charge in [0, 0.05) is 11.3 Å². The number of hydrogen-bond donors (Lipinski definition) is 2. The zero-order valence-electron chi connectivity index (χ0n) is 12.1. The molecule has 3 rings (SSSR count). The van der Waals surface area contributed by atoms with Crippen molar-refractivity contribution in [2.24, 2.45) is 0 Å². The molecule has 4 nitrogen and oxygen atoms in total. The summed E-state index contributed by atoms with van der Waals surface area (Å²) in [7, 11) is 0. The van der Waals surface area contributed by atoms with Gasteiger partial charge in [-0.05, 0) is 42.9 Å². The van der Waals surface area contributed by atoms with E-state index in [1.165, 1.54) is 11.8 Å². The summed E-state index contributed by atoms with van der Waals surface area (Å²) in [6.07, 6.45) is 3.79. The van der Waals surface area contributed by atoms with Gasteiger partial charge in [0.15, 0.2) is 0 Å². The van der Waals surface area contributed by atoms with Gasteiger partial charge in [-0.2, -0.15) is 5.26 Å². The van der Waals surface area contributed by atoms with E-state index in [1.807, 2.05) is 18.2 Å². The number of para-hydroxylation sites is 1. The lowest BCUT2D eigenvalue weighted by molar-refractivity contribution is 0.470. The van der Waals surface area contributed by atoms with Crippen LogP contribution >= 0.6 is 11.8 Å². The van der Waals surface area contributed by atoms with Crippen molar-refractivity contribution in [1.29, 1.82) is 5.26 Å². The maximum absolute atomic E-state index is 12.1. The molecule has 0 spiro atoms. The first-order valence-corrected chi connectivity index (χ1v) is 8.27. The van der Waals surface area contributed by atoms with Crippen molar-refractivity contribution in [2.45, 2.75) is 36.5 Å². The standard InChI is InChI=1S/C17H16N2O2S/c18-9-14-12-6-2-3-7-13(12)17(19-16(14)21)22-10-11-5-1-4-8-15(11)20/h1,4-5,8,20H,2-3,6-7,10H2,(H,19,21). The molecule has 1 aliphatic rings. The maximum atomic E-state index is 12.1. The van der Waals surface area contributed by atoms with E-state index in [1.54, 1.807) is 12.1 Å². The number of nitrogens with zero attached hydrogens (tertiary/aromatic N) is 1. The van der Waals surface area contributed by atoms with Gasteiger partial charge in [-0.15, -0.1) is 11.8 Å². The second kappa shape index (κ2) is 6.29. The Bertz CT molecular complexity index is 805. The lowest BCUT2D eigenvalue weighted by Gasteiger charge is -2.19. The van der Waals surface area contributed by atoms with Gasteiger partial charge in [-0.3, -0.25) is 4.79 Å². The molecule has 1 aromatic heterocycles. The normalized spacial score (nSPS) is 13.4. The number of fused-ring (bicyclic) bond motifs is 1. The highest BCUT2D eigenvalue weighted by Crippen LogP contribution is 2.33. The number of phenolic OH excluding ortho intramolecular Hbond substituents is 1. The van der Waals surface area contributed by atoms with Gasteiger partial charge in [0.05, 0.1) is 5.03 Å². The molecule has 1 aliphatic carbocycles. The second-order valence-corrected chi connectivity index (χ2v) is 6.34. The van der Waals surface area contributed by atoms with E-state index in [0.29, 0.717) is 5.75 Å². The number of pyridine rings is 1. The van der Waals surface area contributed by atoms with Gasteiger partial charge in [0.25, 0.3) is 5.56 Å². The summed E-state index contributed by atoms with van der Waals surface area (Å²) in [5, 5.41) is 19.9. The Labute approximate surface area is 132 Å². The van der Waals surface area contributed by atoms with Crippen LogP contribution in [0.15, 0.2) is 34.1 Å². The van der Waals surface area contributed by atoms with Crippen molar-refractivity contribution in [3.8, 4) is 11.8 Å². The molecule has 0 amide bonds. The number of rotatable bonds is 3. The molecule has 0 unspecified atom stereocenters. The average Bonchev–Trinajstić information content (AvgIpc) is 2.54. The summed E-state index contributed by atoms with van der Waals surface area (Å²) in [5.74, 6) is 0.848. The van der Waals surface area contributed by atoms with Crippen molar-refractivity contribution in [2.75, 3.05) is 0 Å². The number of aromatic amines is 1. The monoisotopic (exact) mass is 312 g/mol. The summed E-state index contributed by atoms with van der Waals surface area (Å²) in [4.78, 5) is 14.9. The van der Waals surface area contributed by atoms with Crippen LogP contribution in [0.1, 0.15) is 35.1 Å². The maximum Gasteiger partial charge on any atom is 0.267 e. The highest BCUT2D eigenvalue weighted by molar-refractivity contribution is 7.98. The molecule has 0 saturated heterocycles. The molecule has 0 aliphatic heterocycles. The predicted molar refractivity (Wildman–Crippen MR) is 86.1 cm³/mol. The predicted octanol–water partition coefficient (Wildman–Crippen LogP) is 3.12. The number of phenols is 1. The minimum Gasteiger partial charge on any atom is -0.508 e. The molecule has 5 heteroatoms. The Morgan fingerprint density at radius 1 is 1.23 bits per heavy atom. The Morgan fingerprint density at radius 2 is 1.95 bits per heavy atom. The zero-order chi connectivity index (χ0) is 15.5. The van der Waals surface area contributed by atoms with Crippen LogP contribution in [0.25, 0.3) is 0 Å². The average molecular weight is 312 g/mol. The minimum atomic E-state index is -0.303. The molecule has 2 N–H and O–H groups in total. The van der Waals surface area contributed by atoms with Crippen LogP contribution in [0, 0.1) is 11.3 Å². The van der Waals surface area contributed by atoms with Gasteiger partial charge in [0.1, 0.15) is 17.4 Å². The van der Waals surface area contributed by atoms with Crippen molar-refractivity contribution in [3.05, 3.63) is 56.9 Å². The third-order valence-corrected chi connectivity index (χ3v) is 5.07. The van der Waals surface area contributed by atoms with E-state index >= 15 is 0 Å². The highest BCUT2D eigenvalue weighted by Gasteiger charge is 2.20. The molecule has 0 fully saturated rings. The van der Waals surface area contributed by atoms with Crippen molar-refractivity contribution < 1.29 is 5.11 Å². The first kappa shape index (κ1) is 14.7. The lowest BCUT2D eigenvalue weighted by Crippen LogP contribution is -2.20. The Kier molecular flexibility index (Phi) is 4.21. The molecular formula is C17H16N2O2S. The van der Waals surface area contributed by atoms with Crippen LogP contribution in [-0.4, -0.2) is 10.1 Å². The number of nitrogens with one attached hydrogen (secondary N) is 1. The Morgan fingerprint density at radius 3 is 2.68 bits per heavy atom. The Hall–Kier alpha value is -2.19. The number of hydrogen-bond acceptors (Lipinski definition) is 4. The molecular weight excluding hydrogens is 296 g/mol. The van der Waals surface area contributed by atoms with Crippen LogP contribution < -0.4 is 5.56 Å². The summed E-state index contributed by atoms with van der Waals surface area (Å²) in [5.41, 5.74) is 2.81. The van der Waals surface area contributed by atoms with E-state index in [0.717, 1.165) is 47.4 Å². The first-order chi connectivity index (χ1) is 10.7. The largest absolute Gasteiger partial charge is 0.508 e. The molecule has 2 aromatic rings. The quantitative estimate of drug-likeness (QED) is 0.854. The van der Waals surface area contributed by atoms with Gasteiger partial charge < -0.3 is 10.1 Å². The van der Waals surface area contributed by atoms with Gasteiger partial charge >= 0.3 is 0 Å². The van der Waals surface area contributed by atoms with E-state index in [9.17, 15) is 15.2 Å². The van der Waals surface area contributed by atoms with Gasteiger partial charge in [0.2, 0.25) is 0 Å². The number of H-pyrrole nitrogens is 1.